The van der Waals surface area contributed by atoms with Gasteiger partial charge in [-0.15, -0.1) is 0 Å². The van der Waals surface area contributed by atoms with Gasteiger partial charge in [0, 0.05) is 30.2 Å². The molecule has 0 saturated heterocycles. The summed E-state index contributed by atoms with van der Waals surface area (Å²) in [6.07, 6.45) is 3.78. The minimum Gasteiger partial charge on any atom is -0.331 e. The van der Waals surface area contributed by atoms with Crippen molar-refractivity contribution in [3.63, 3.8) is 0 Å². The molecule has 4 nitrogen and oxygen atoms in total. The van der Waals surface area contributed by atoms with Crippen LogP contribution in [0, 0.1) is 0 Å². The number of benzene rings is 1. The van der Waals surface area contributed by atoms with Crippen LogP contribution in [-0.2, 0) is 6.54 Å². The Labute approximate surface area is 88.7 Å². The van der Waals surface area contributed by atoms with E-state index in [0.717, 1.165) is 23.6 Å². The predicted molar refractivity (Wildman–Crippen MR) is 61.1 cm³/mol. The number of hydrazine groups is 1. The first-order valence-electron chi connectivity index (χ1n) is 4.93. The average molecular weight is 202 g/mol. The van der Waals surface area contributed by atoms with Crippen LogP contribution < -0.4 is 11.3 Å². The smallest absolute Gasteiger partial charge is 0.139 e. The Morgan fingerprint density at radius 1 is 1.47 bits per heavy atom. The maximum absolute atomic E-state index is 5.37. The molecule has 0 aliphatic carbocycles. The van der Waals surface area contributed by atoms with Crippen molar-refractivity contribution in [2.75, 3.05) is 5.43 Å². The molecule has 15 heavy (non-hydrogen) atoms. The second-order valence-corrected chi connectivity index (χ2v) is 3.26. The van der Waals surface area contributed by atoms with E-state index in [2.05, 4.69) is 21.9 Å². The Bertz CT molecular complexity index is 447. The number of rotatable bonds is 3. The number of hydrogen-bond donors (Lipinski definition) is 2. The second-order valence-electron chi connectivity index (χ2n) is 3.26. The van der Waals surface area contributed by atoms with E-state index in [4.69, 9.17) is 5.84 Å². The van der Waals surface area contributed by atoms with Gasteiger partial charge in [0.25, 0.3) is 0 Å². The Hall–Kier alpha value is -1.81. The van der Waals surface area contributed by atoms with Crippen molar-refractivity contribution in [1.29, 1.82) is 0 Å². The molecule has 1 aromatic carbocycles. The third-order valence-corrected chi connectivity index (χ3v) is 2.34. The summed E-state index contributed by atoms with van der Waals surface area (Å²) < 4.78 is 2.09. The fourth-order valence-electron chi connectivity index (χ4n) is 1.57. The first-order chi connectivity index (χ1) is 7.35. The number of nitrogens with two attached hydrogens (primary N) is 1. The number of nitrogen functional groups attached to an aromatic ring is 1. The SMILES string of the molecule is CCn1ccnc1-c1cccc(NN)c1. The fraction of sp³-hybridized carbons (Fsp3) is 0.182. The maximum Gasteiger partial charge on any atom is 0.139 e. The number of aromatic nitrogens is 2. The molecule has 2 aromatic rings. The quantitative estimate of drug-likeness (QED) is 0.590. The van der Waals surface area contributed by atoms with E-state index < -0.39 is 0 Å². The second kappa shape index (κ2) is 4.14. The van der Waals surface area contributed by atoms with E-state index in [1.54, 1.807) is 6.20 Å². The molecular formula is C11H14N4. The Morgan fingerprint density at radius 3 is 3.07 bits per heavy atom. The lowest BCUT2D eigenvalue weighted by molar-refractivity contribution is 0.771. The summed E-state index contributed by atoms with van der Waals surface area (Å²) in [7, 11) is 0. The standard InChI is InChI=1S/C11H14N4/c1-2-15-7-6-13-11(15)9-4-3-5-10(8-9)14-12/h3-8,14H,2,12H2,1H3. The van der Waals surface area contributed by atoms with Gasteiger partial charge in [0.2, 0.25) is 0 Å². The summed E-state index contributed by atoms with van der Waals surface area (Å²) in [6.45, 7) is 3.01. The zero-order chi connectivity index (χ0) is 10.7. The largest absolute Gasteiger partial charge is 0.331 e. The minimum atomic E-state index is 0.887. The van der Waals surface area contributed by atoms with Crippen LogP contribution in [0.5, 0.6) is 0 Å². The van der Waals surface area contributed by atoms with Gasteiger partial charge in [0.05, 0.1) is 0 Å². The number of nitrogens with one attached hydrogen (secondary N) is 1. The summed E-state index contributed by atoms with van der Waals surface area (Å²) in [6, 6.07) is 7.88. The summed E-state index contributed by atoms with van der Waals surface area (Å²) in [5.41, 5.74) is 4.58. The molecule has 78 valence electrons. The van der Waals surface area contributed by atoms with E-state index in [1.807, 2.05) is 30.5 Å². The van der Waals surface area contributed by atoms with Crippen LogP contribution in [0.15, 0.2) is 36.7 Å². The number of aryl methyl sites for hydroxylation is 1. The summed E-state index contributed by atoms with van der Waals surface area (Å²) in [4.78, 5) is 4.33. The van der Waals surface area contributed by atoms with Gasteiger partial charge in [0.1, 0.15) is 5.82 Å². The average Bonchev–Trinajstić information content (AvgIpc) is 2.77. The molecule has 0 unspecified atom stereocenters. The van der Waals surface area contributed by atoms with Crippen molar-refractivity contribution in [2.24, 2.45) is 5.84 Å². The van der Waals surface area contributed by atoms with Crippen molar-refractivity contribution < 1.29 is 0 Å². The predicted octanol–water partition coefficient (Wildman–Crippen LogP) is 1.86. The summed E-state index contributed by atoms with van der Waals surface area (Å²) >= 11 is 0. The lowest BCUT2D eigenvalue weighted by Gasteiger charge is -2.06. The van der Waals surface area contributed by atoms with E-state index in [-0.39, 0.29) is 0 Å². The van der Waals surface area contributed by atoms with Crippen LogP contribution in [0.25, 0.3) is 11.4 Å². The van der Waals surface area contributed by atoms with Crippen LogP contribution in [-0.4, -0.2) is 9.55 Å². The normalized spacial score (nSPS) is 10.3. The molecule has 3 N–H and O–H groups in total. The number of imidazole rings is 1. The molecule has 2 rings (SSSR count). The first-order valence-corrected chi connectivity index (χ1v) is 4.93. The van der Waals surface area contributed by atoms with Gasteiger partial charge < -0.3 is 9.99 Å². The fourth-order valence-corrected chi connectivity index (χ4v) is 1.57. The minimum absolute atomic E-state index is 0.887. The van der Waals surface area contributed by atoms with Crippen molar-refractivity contribution in [1.82, 2.24) is 9.55 Å². The Balaban J connectivity index is 2.44. The third-order valence-electron chi connectivity index (χ3n) is 2.34. The van der Waals surface area contributed by atoms with Crippen LogP contribution in [0.2, 0.25) is 0 Å². The highest BCUT2D eigenvalue weighted by atomic mass is 15.2. The van der Waals surface area contributed by atoms with Crippen LogP contribution in [0.3, 0.4) is 0 Å². The highest BCUT2D eigenvalue weighted by Crippen LogP contribution is 2.20. The number of anilines is 1. The van der Waals surface area contributed by atoms with Crippen LogP contribution >= 0.6 is 0 Å². The van der Waals surface area contributed by atoms with Crippen molar-refractivity contribution >= 4 is 5.69 Å². The van der Waals surface area contributed by atoms with Crippen molar-refractivity contribution in [3.05, 3.63) is 36.7 Å². The van der Waals surface area contributed by atoms with E-state index in [0.29, 0.717) is 0 Å². The number of hydrogen-bond acceptors (Lipinski definition) is 3. The molecule has 0 aliphatic rings. The zero-order valence-electron chi connectivity index (χ0n) is 8.64. The van der Waals surface area contributed by atoms with Crippen molar-refractivity contribution in [3.8, 4) is 11.4 Å². The molecule has 0 amide bonds. The highest BCUT2D eigenvalue weighted by Gasteiger charge is 2.04. The van der Waals surface area contributed by atoms with Gasteiger partial charge >= 0.3 is 0 Å². The summed E-state index contributed by atoms with van der Waals surface area (Å²) in [5, 5.41) is 0. The molecule has 0 radical (unpaired) electrons. The highest BCUT2D eigenvalue weighted by molar-refractivity contribution is 5.62. The maximum atomic E-state index is 5.37. The van der Waals surface area contributed by atoms with Gasteiger partial charge in [0.15, 0.2) is 0 Å². The molecule has 1 aromatic heterocycles. The van der Waals surface area contributed by atoms with Crippen molar-refractivity contribution in [2.45, 2.75) is 13.5 Å². The molecule has 0 bridgehead atoms. The summed E-state index contributed by atoms with van der Waals surface area (Å²) in [5.74, 6) is 6.33. The lowest BCUT2D eigenvalue weighted by Crippen LogP contribution is -2.06. The monoisotopic (exact) mass is 202 g/mol. The molecule has 4 heteroatoms. The third kappa shape index (κ3) is 1.85. The Kier molecular flexibility index (Phi) is 2.69. The zero-order valence-corrected chi connectivity index (χ0v) is 8.64. The van der Waals surface area contributed by atoms with Gasteiger partial charge in [-0.05, 0) is 19.1 Å². The van der Waals surface area contributed by atoms with Gasteiger partial charge in [-0.25, -0.2) is 4.98 Å². The van der Waals surface area contributed by atoms with Gasteiger partial charge in [-0.2, -0.15) is 0 Å². The molecule has 0 spiro atoms. The van der Waals surface area contributed by atoms with E-state index in [1.165, 1.54) is 0 Å². The molecule has 1 heterocycles. The van der Waals surface area contributed by atoms with Crippen LogP contribution in [0.4, 0.5) is 5.69 Å². The van der Waals surface area contributed by atoms with Gasteiger partial charge in [-0.1, -0.05) is 12.1 Å². The van der Waals surface area contributed by atoms with Gasteiger partial charge in [-0.3, -0.25) is 5.84 Å². The van der Waals surface area contributed by atoms with E-state index in [9.17, 15) is 0 Å². The Morgan fingerprint density at radius 2 is 2.33 bits per heavy atom. The number of nitrogens with zero attached hydrogens (tertiary/aromatic N) is 2. The molecule has 0 aliphatic heterocycles. The van der Waals surface area contributed by atoms with Crippen LogP contribution in [0.1, 0.15) is 6.92 Å². The topological polar surface area (TPSA) is 55.9 Å². The molecular weight excluding hydrogens is 188 g/mol. The van der Waals surface area contributed by atoms with E-state index >= 15 is 0 Å². The first kappa shape index (κ1) is 9.73. The molecule has 0 atom stereocenters. The molecule has 0 saturated carbocycles. The lowest BCUT2D eigenvalue weighted by atomic mass is 10.2. The molecule has 0 fully saturated rings.